The van der Waals surface area contributed by atoms with Crippen molar-refractivity contribution in [2.75, 3.05) is 0 Å². The summed E-state index contributed by atoms with van der Waals surface area (Å²) >= 11 is 11.8. The monoisotopic (exact) mass is 273 g/mol. The highest BCUT2D eigenvalue weighted by atomic mass is 35.5. The molecule has 0 saturated carbocycles. The quantitative estimate of drug-likeness (QED) is 0.555. The van der Waals surface area contributed by atoms with Gasteiger partial charge in [-0.2, -0.15) is 0 Å². The summed E-state index contributed by atoms with van der Waals surface area (Å²) in [5.74, 6) is 0. The zero-order valence-corrected chi connectivity index (χ0v) is 10.9. The molecule has 0 aliphatic rings. The summed E-state index contributed by atoms with van der Waals surface area (Å²) < 4.78 is 0. The number of pyridine rings is 1. The van der Waals surface area contributed by atoms with Gasteiger partial charge >= 0.3 is 0 Å². The molecule has 3 aromatic rings. The van der Waals surface area contributed by atoms with Gasteiger partial charge in [-0.3, -0.25) is 0 Å². The van der Waals surface area contributed by atoms with E-state index in [1.165, 1.54) is 10.8 Å². The van der Waals surface area contributed by atoms with Crippen molar-refractivity contribution in [2.24, 2.45) is 0 Å². The highest BCUT2D eigenvalue weighted by Gasteiger charge is 2.03. The molecule has 0 radical (unpaired) electrons. The molecular weight excluding hydrogens is 265 g/mol. The summed E-state index contributed by atoms with van der Waals surface area (Å²) in [4.78, 5) is 3.95. The van der Waals surface area contributed by atoms with Crippen LogP contribution in [0.2, 0.25) is 10.3 Å². The number of hydrogen-bond donors (Lipinski definition) is 0. The van der Waals surface area contributed by atoms with Gasteiger partial charge in [-0.25, -0.2) is 4.98 Å². The predicted molar refractivity (Wildman–Crippen MR) is 77.2 cm³/mol. The molecule has 3 rings (SSSR count). The molecule has 0 aliphatic carbocycles. The van der Waals surface area contributed by atoms with Gasteiger partial charge in [0.1, 0.15) is 10.3 Å². The van der Waals surface area contributed by atoms with Crippen LogP contribution in [0.4, 0.5) is 0 Å². The molecule has 0 unspecified atom stereocenters. The first kappa shape index (κ1) is 11.5. The minimum absolute atomic E-state index is 0.408. The van der Waals surface area contributed by atoms with Crippen molar-refractivity contribution in [2.45, 2.75) is 0 Å². The van der Waals surface area contributed by atoms with Gasteiger partial charge in [-0.15, -0.1) is 0 Å². The van der Waals surface area contributed by atoms with Crippen molar-refractivity contribution in [3.05, 3.63) is 64.9 Å². The van der Waals surface area contributed by atoms with E-state index >= 15 is 0 Å². The molecule has 0 fully saturated rings. The summed E-state index contributed by atoms with van der Waals surface area (Å²) in [5, 5.41) is 3.22. The van der Waals surface area contributed by atoms with Gasteiger partial charge in [0.15, 0.2) is 0 Å². The summed E-state index contributed by atoms with van der Waals surface area (Å²) in [7, 11) is 0. The van der Waals surface area contributed by atoms with Crippen LogP contribution in [-0.2, 0) is 0 Å². The number of aromatic nitrogens is 1. The molecule has 0 aliphatic heterocycles. The van der Waals surface area contributed by atoms with Crippen LogP contribution in [0.1, 0.15) is 0 Å². The Balaban J connectivity index is 2.19. The molecule has 0 atom stereocenters. The standard InChI is InChI=1S/C15H9Cl2N/c16-14-8-13(9-15(17)18-14)12-6-5-10-3-1-2-4-11(10)7-12/h1-9H. The molecule has 0 saturated heterocycles. The van der Waals surface area contributed by atoms with Crippen LogP contribution in [0.15, 0.2) is 54.6 Å². The third kappa shape index (κ3) is 2.20. The molecule has 0 spiro atoms. The van der Waals surface area contributed by atoms with Crippen molar-refractivity contribution in [1.29, 1.82) is 0 Å². The number of nitrogens with zero attached hydrogens (tertiary/aromatic N) is 1. The summed E-state index contributed by atoms with van der Waals surface area (Å²) in [5.41, 5.74) is 2.06. The first-order chi connectivity index (χ1) is 8.72. The highest BCUT2D eigenvalue weighted by molar-refractivity contribution is 6.32. The fourth-order valence-electron chi connectivity index (χ4n) is 2.00. The zero-order valence-electron chi connectivity index (χ0n) is 9.40. The Morgan fingerprint density at radius 2 is 1.33 bits per heavy atom. The van der Waals surface area contributed by atoms with Crippen LogP contribution >= 0.6 is 23.2 Å². The summed E-state index contributed by atoms with van der Waals surface area (Å²) in [6.07, 6.45) is 0. The van der Waals surface area contributed by atoms with Gasteiger partial charge in [0.2, 0.25) is 0 Å². The molecule has 18 heavy (non-hydrogen) atoms. The van der Waals surface area contributed by atoms with Crippen LogP contribution in [0.5, 0.6) is 0 Å². The van der Waals surface area contributed by atoms with E-state index in [0.29, 0.717) is 10.3 Å². The Kier molecular flexibility index (Phi) is 2.94. The van der Waals surface area contributed by atoms with Gasteiger partial charge < -0.3 is 0 Å². The minimum atomic E-state index is 0.408. The topological polar surface area (TPSA) is 12.9 Å². The Labute approximate surface area is 115 Å². The second-order valence-corrected chi connectivity index (χ2v) is 4.84. The minimum Gasteiger partial charge on any atom is -0.224 e. The van der Waals surface area contributed by atoms with E-state index in [1.807, 2.05) is 24.3 Å². The third-order valence-corrected chi connectivity index (χ3v) is 3.23. The molecule has 0 bridgehead atoms. The lowest BCUT2D eigenvalue weighted by Crippen LogP contribution is -1.82. The molecule has 1 nitrogen and oxygen atoms in total. The van der Waals surface area contributed by atoms with Gasteiger partial charge in [-0.05, 0) is 40.1 Å². The average Bonchev–Trinajstić information content (AvgIpc) is 2.37. The second-order valence-electron chi connectivity index (χ2n) is 4.06. The Morgan fingerprint density at radius 1 is 0.667 bits per heavy atom. The Morgan fingerprint density at radius 3 is 2.06 bits per heavy atom. The SMILES string of the molecule is Clc1cc(-c2ccc3ccccc3c2)cc(Cl)n1. The van der Waals surface area contributed by atoms with E-state index < -0.39 is 0 Å². The van der Waals surface area contributed by atoms with Crippen molar-refractivity contribution in [1.82, 2.24) is 4.98 Å². The largest absolute Gasteiger partial charge is 0.224 e. The first-order valence-electron chi connectivity index (χ1n) is 5.55. The normalized spacial score (nSPS) is 10.8. The molecule has 2 aromatic carbocycles. The zero-order chi connectivity index (χ0) is 12.5. The van der Waals surface area contributed by atoms with E-state index in [0.717, 1.165) is 11.1 Å². The maximum atomic E-state index is 5.92. The van der Waals surface area contributed by atoms with E-state index in [4.69, 9.17) is 23.2 Å². The van der Waals surface area contributed by atoms with Gasteiger partial charge in [0.25, 0.3) is 0 Å². The lowest BCUT2D eigenvalue weighted by atomic mass is 10.0. The molecule has 3 heteroatoms. The maximum Gasteiger partial charge on any atom is 0.131 e. The van der Waals surface area contributed by atoms with Gasteiger partial charge in [-0.1, -0.05) is 59.6 Å². The van der Waals surface area contributed by atoms with Crippen molar-refractivity contribution < 1.29 is 0 Å². The van der Waals surface area contributed by atoms with Gasteiger partial charge in [0.05, 0.1) is 0 Å². The van der Waals surface area contributed by atoms with Crippen LogP contribution in [0.25, 0.3) is 21.9 Å². The molecule has 1 aromatic heterocycles. The van der Waals surface area contributed by atoms with Crippen LogP contribution < -0.4 is 0 Å². The number of hydrogen-bond acceptors (Lipinski definition) is 1. The van der Waals surface area contributed by atoms with Gasteiger partial charge in [0, 0.05) is 0 Å². The van der Waals surface area contributed by atoms with E-state index in [2.05, 4.69) is 35.3 Å². The number of fused-ring (bicyclic) bond motifs is 1. The van der Waals surface area contributed by atoms with Crippen molar-refractivity contribution >= 4 is 34.0 Å². The average molecular weight is 274 g/mol. The van der Waals surface area contributed by atoms with E-state index in [1.54, 1.807) is 0 Å². The highest BCUT2D eigenvalue weighted by Crippen LogP contribution is 2.27. The molecular formula is C15H9Cl2N. The second kappa shape index (κ2) is 4.60. The first-order valence-corrected chi connectivity index (χ1v) is 6.30. The van der Waals surface area contributed by atoms with Crippen molar-refractivity contribution in [3.63, 3.8) is 0 Å². The number of rotatable bonds is 1. The van der Waals surface area contributed by atoms with Crippen LogP contribution in [-0.4, -0.2) is 4.98 Å². The van der Waals surface area contributed by atoms with Crippen LogP contribution in [0.3, 0.4) is 0 Å². The number of halogens is 2. The molecule has 0 amide bonds. The lowest BCUT2D eigenvalue weighted by Gasteiger charge is -2.05. The van der Waals surface area contributed by atoms with Crippen molar-refractivity contribution in [3.8, 4) is 11.1 Å². The fraction of sp³-hybridized carbons (Fsp3) is 0. The Hall–Kier alpha value is -1.57. The third-order valence-electron chi connectivity index (χ3n) is 2.85. The maximum absolute atomic E-state index is 5.92. The van der Waals surface area contributed by atoms with E-state index in [9.17, 15) is 0 Å². The summed E-state index contributed by atoms with van der Waals surface area (Å²) in [6, 6.07) is 18.1. The fourth-order valence-corrected chi connectivity index (χ4v) is 2.46. The summed E-state index contributed by atoms with van der Waals surface area (Å²) in [6.45, 7) is 0. The molecule has 0 N–H and O–H groups in total. The van der Waals surface area contributed by atoms with E-state index in [-0.39, 0.29) is 0 Å². The lowest BCUT2D eigenvalue weighted by molar-refractivity contribution is 1.33. The smallest absolute Gasteiger partial charge is 0.131 e. The molecule has 1 heterocycles. The number of benzene rings is 2. The molecule has 88 valence electrons. The predicted octanol–water partition coefficient (Wildman–Crippen LogP) is 5.21. The van der Waals surface area contributed by atoms with Crippen LogP contribution in [0, 0.1) is 0 Å². The Bertz CT molecular complexity index is 702.